The SMILES string of the molecule is Cc1ccc(Nc2nnc(SCc3nnc(-c4ccc(Br)cc4)o3)s2)cc1C. The van der Waals surface area contributed by atoms with E-state index in [1.54, 1.807) is 0 Å². The van der Waals surface area contributed by atoms with Gasteiger partial charge in [0.05, 0.1) is 5.75 Å². The summed E-state index contributed by atoms with van der Waals surface area (Å²) in [6.45, 7) is 4.19. The highest BCUT2D eigenvalue weighted by Gasteiger charge is 2.11. The third-order valence-electron chi connectivity index (χ3n) is 4.04. The summed E-state index contributed by atoms with van der Waals surface area (Å²) < 4.78 is 7.59. The molecule has 0 radical (unpaired) electrons. The van der Waals surface area contributed by atoms with Gasteiger partial charge in [0.25, 0.3) is 0 Å². The number of anilines is 2. The molecule has 0 atom stereocenters. The van der Waals surface area contributed by atoms with Crippen LogP contribution in [0.5, 0.6) is 0 Å². The predicted octanol–water partition coefficient (Wildman–Crippen LogP) is 6.00. The summed E-state index contributed by atoms with van der Waals surface area (Å²) in [6, 6.07) is 14.0. The lowest BCUT2D eigenvalue weighted by atomic mass is 10.1. The molecule has 2 aromatic carbocycles. The lowest BCUT2D eigenvalue weighted by Crippen LogP contribution is -1.91. The number of nitrogens with one attached hydrogen (secondary N) is 1. The Bertz CT molecular complexity index is 1090. The monoisotopic (exact) mass is 473 g/mol. The molecule has 4 aromatic rings. The normalized spacial score (nSPS) is 11.0. The smallest absolute Gasteiger partial charge is 0.247 e. The van der Waals surface area contributed by atoms with E-state index in [0.29, 0.717) is 17.5 Å². The molecule has 0 saturated heterocycles. The molecule has 0 saturated carbocycles. The van der Waals surface area contributed by atoms with Gasteiger partial charge in [-0.3, -0.25) is 0 Å². The molecule has 0 unspecified atom stereocenters. The molecule has 0 spiro atoms. The topological polar surface area (TPSA) is 76.7 Å². The Balaban J connectivity index is 1.37. The van der Waals surface area contributed by atoms with Crippen LogP contribution in [-0.2, 0) is 5.75 Å². The summed E-state index contributed by atoms with van der Waals surface area (Å²) in [5, 5.41) is 20.7. The molecule has 0 fully saturated rings. The lowest BCUT2D eigenvalue weighted by Gasteiger charge is -2.05. The summed E-state index contributed by atoms with van der Waals surface area (Å²) in [6.07, 6.45) is 0. The number of aromatic nitrogens is 4. The van der Waals surface area contributed by atoms with Crippen molar-refractivity contribution in [3.63, 3.8) is 0 Å². The summed E-state index contributed by atoms with van der Waals surface area (Å²) >= 11 is 6.44. The molecule has 142 valence electrons. The zero-order valence-corrected chi connectivity index (χ0v) is 18.4. The molecule has 0 aliphatic heterocycles. The largest absolute Gasteiger partial charge is 0.420 e. The Morgan fingerprint density at radius 2 is 1.82 bits per heavy atom. The van der Waals surface area contributed by atoms with E-state index in [9.17, 15) is 0 Å². The minimum absolute atomic E-state index is 0.512. The summed E-state index contributed by atoms with van der Waals surface area (Å²) in [7, 11) is 0. The number of hydrogen-bond donors (Lipinski definition) is 1. The number of thioether (sulfide) groups is 1. The first-order chi connectivity index (χ1) is 13.6. The average molecular weight is 474 g/mol. The predicted molar refractivity (Wildman–Crippen MR) is 116 cm³/mol. The Kier molecular flexibility index (Phi) is 5.74. The van der Waals surface area contributed by atoms with Gasteiger partial charge in [-0.25, -0.2) is 0 Å². The minimum Gasteiger partial charge on any atom is -0.420 e. The quantitative estimate of drug-likeness (QED) is 0.343. The van der Waals surface area contributed by atoms with E-state index >= 15 is 0 Å². The van der Waals surface area contributed by atoms with Crippen molar-refractivity contribution < 1.29 is 4.42 Å². The first-order valence-corrected chi connectivity index (χ1v) is 11.1. The number of rotatable bonds is 6. The van der Waals surface area contributed by atoms with Crippen molar-refractivity contribution >= 4 is 49.8 Å². The van der Waals surface area contributed by atoms with E-state index in [4.69, 9.17) is 4.42 Å². The van der Waals surface area contributed by atoms with Gasteiger partial charge in [0.1, 0.15) is 0 Å². The van der Waals surface area contributed by atoms with Crippen LogP contribution in [0.3, 0.4) is 0 Å². The number of aryl methyl sites for hydroxylation is 2. The zero-order chi connectivity index (χ0) is 19.5. The van der Waals surface area contributed by atoms with Crippen LogP contribution in [0.15, 0.2) is 55.7 Å². The lowest BCUT2D eigenvalue weighted by molar-refractivity contribution is 0.528. The zero-order valence-electron chi connectivity index (χ0n) is 15.1. The molecule has 4 rings (SSSR count). The average Bonchev–Trinajstić information content (AvgIpc) is 3.33. The molecule has 2 heterocycles. The Morgan fingerprint density at radius 1 is 1.00 bits per heavy atom. The van der Waals surface area contributed by atoms with E-state index in [1.807, 2.05) is 30.3 Å². The van der Waals surface area contributed by atoms with Crippen molar-refractivity contribution in [1.82, 2.24) is 20.4 Å². The van der Waals surface area contributed by atoms with Gasteiger partial charge in [-0.2, -0.15) is 0 Å². The molecule has 0 aliphatic carbocycles. The van der Waals surface area contributed by atoms with Gasteiger partial charge in [0, 0.05) is 15.7 Å². The van der Waals surface area contributed by atoms with Gasteiger partial charge < -0.3 is 9.73 Å². The van der Waals surface area contributed by atoms with Crippen molar-refractivity contribution in [3.05, 3.63) is 64.0 Å². The summed E-state index contributed by atoms with van der Waals surface area (Å²) in [5.74, 6) is 1.61. The van der Waals surface area contributed by atoms with Crippen LogP contribution in [0.25, 0.3) is 11.5 Å². The van der Waals surface area contributed by atoms with Gasteiger partial charge in [-0.05, 0) is 61.4 Å². The molecular formula is C19H16BrN5OS2. The maximum atomic E-state index is 5.74. The number of nitrogens with zero attached hydrogens (tertiary/aromatic N) is 4. The van der Waals surface area contributed by atoms with Crippen LogP contribution in [0, 0.1) is 13.8 Å². The van der Waals surface area contributed by atoms with Crippen LogP contribution < -0.4 is 5.32 Å². The van der Waals surface area contributed by atoms with Gasteiger partial charge >= 0.3 is 0 Å². The standard InChI is InChI=1S/C19H16BrN5OS2/c1-11-3-8-15(9-12(11)2)21-18-24-25-19(28-18)27-10-16-22-23-17(26-16)13-4-6-14(20)7-5-13/h3-9H,10H2,1-2H3,(H,21,24). The third-order valence-corrected chi connectivity index (χ3v) is 6.53. The van der Waals surface area contributed by atoms with Crippen molar-refractivity contribution in [3.8, 4) is 11.5 Å². The number of hydrogen-bond acceptors (Lipinski definition) is 8. The van der Waals surface area contributed by atoms with Crippen LogP contribution in [0.2, 0.25) is 0 Å². The molecule has 0 amide bonds. The van der Waals surface area contributed by atoms with E-state index in [2.05, 4.69) is 67.6 Å². The third kappa shape index (κ3) is 4.60. The fourth-order valence-electron chi connectivity index (χ4n) is 2.41. The van der Waals surface area contributed by atoms with Crippen molar-refractivity contribution in [2.45, 2.75) is 23.9 Å². The van der Waals surface area contributed by atoms with Gasteiger partial charge in [-0.15, -0.1) is 20.4 Å². The second-order valence-electron chi connectivity index (χ2n) is 6.09. The van der Waals surface area contributed by atoms with Crippen LogP contribution in [0.1, 0.15) is 17.0 Å². The summed E-state index contributed by atoms with van der Waals surface area (Å²) in [4.78, 5) is 0. The Labute approximate surface area is 178 Å². The Hall–Kier alpha value is -2.23. The molecule has 1 N–H and O–H groups in total. The number of halogens is 1. The van der Waals surface area contributed by atoms with Crippen molar-refractivity contribution in [1.29, 1.82) is 0 Å². The van der Waals surface area contributed by atoms with Crippen LogP contribution in [0.4, 0.5) is 10.8 Å². The van der Waals surface area contributed by atoms with Gasteiger partial charge in [0.15, 0.2) is 4.34 Å². The molecular weight excluding hydrogens is 458 g/mol. The van der Waals surface area contributed by atoms with E-state index < -0.39 is 0 Å². The molecule has 0 bridgehead atoms. The maximum absolute atomic E-state index is 5.74. The van der Waals surface area contributed by atoms with Crippen molar-refractivity contribution in [2.75, 3.05) is 5.32 Å². The maximum Gasteiger partial charge on any atom is 0.247 e. The highest BCUT2D eigenvalue weighted by atomic mass is 79.9. The van der Waals surface area contributed by atoms with Crippen LogP contribution in [-0.4, -0.2) is 20.4 Å². The first kappa shape index (κ1) is 19.1. The van der Waals surface area contributed by atoms with E-state index in [1.165, 1.54) is 34.2 Å². The van der Waals surface area contributed by atoms with E-state index in [0.717, 1.165) is 25.2 Å². The highest BCUT2D eigenvalue weighted by molar-refractivity contribution is 9.10. The second-order valence-corrected chi connectivity index (χ2v) is 9.21. The van der Waals surface area contributed by atoms with Gasteiger partial charge in [0.2, 0.25) is 16.9 Å². The fourth-order valence-corrected chi connectivity index (χ4v) is 4.28. The molecule has 6 nitrogen and oxygen atoms in total. The first-order valence-electron chi connectivity index (χ1n) is 8.46. The summed E-state index contributed by atoms with van der Waals surface area (Å²) in [5.41, 5.74) is 4.40. The Morgan fingerprint density at radius 3 is 2.61 bits per heavy atom. The number of benzene rings is 2. The van der Waals surface area contributed by atoms with Gasteiger partial charge in [-0.1, -0.05) is 45.1 Å². The minimum atomic E-state index is 0.512. The molecule has 28 heavy (non-hydrogen) atoms. The van der Waals surface area contributed by atoms with E-state index in [-0.39, 0.29) is 0 Å². The second kappa shape index (κ2) is 8.42. The van der Waals surface area contributed by atoms with Crippen LogP contribution >= 0.6 is 39.0 Å². The van der Waals surface area contributed by atoms with Crippen molar-refractivity contribution in [2.24, 2.45) is 0 Å². The molecule has 0 aliphatic rings. The highest BCUT2D eigenvalue weighted by Crippen LogP contribution is 2.30. The molecule has 9 heteroatoms. The molecule has 2 aromatic heterocycles. The fraction of sp³-hybridized carbons (Fsp3) is 0.158.